The number of benzene rings is 1. The summed E-state index contributed by atoms with van der Waals surface area (Å²) in [5.74, 6) is 0.784. The Labute approximate surface area is 96.8 Å². The Morgan fingerprint density at radius 3 is 2.69 bits per heavy atom. The van der Waals surface area contributed by atoms with E-state index in [9.17, 15) is 4.79 Å². The molecule has 0 aromatic heterocycles. The maximum Gasteiger partial charge on any atom is 0.182 e. The van der Waals surface area contributed by atoms with Crippen LogP contribution in [0, 0.1) is 0 Å². The molecule has 1 aromatic carbocycles. The number of nitrogens with one attached hydrogen (secondary N) is 1. The van der Waals surface area contributed by atoms with Crippen LogP contribution in [0.15, 0.2) is 24.3 Å². The van der Waals surface area contributed by atoms with E-state index in [0.29, 0.717) is 11.3 Å². The number of methoxy groups -OCH3 is 1. The van der Waals surface area contributed by atoms with E-state index in [4.69, 9.17) is 4.74 Å². The molecule has 0 fully saturated rings. The molecule has 88 valence electrons. The smallest absolute Gasteiger partial charge is 0.182 e. The standard InChI is InChI=1S/C13H19NO2/c1-5-14-13(2,3)12(15)10-7-6-8-11(9-10)16-4/h6-9,14H,5H2,1-4H3. The van der Waals surface area contributed by atoms with Crippen LogP contribution in [-0.2, 0) is 0 Å². The Balaban J connectivity index is 2.95. The van der Waals surface area contributed by atoms with Crippen molar-refractivity contribution in [1.29, 1.82) is 0 Å². The zero-order chi connectivity index (χ0) is 12.2. The number of carbonyl (C=O) groups is 1. The number of Topliss-reactive ketones (excluding diaryl/α,β-unsaturated/α-hetero) is 1. The zero-order valence-corrected chi connectivity index (χ0v) is 10.3. The normalized spacial score (nSPS) is 11.2. The van der Waals surface area contributed by atoms with Crippen LogP contribution in [0.3, 0.4) is 0 Å². The van der Waals surface area contributed by atoms with E-state index < -0.39 is 5.54 Å². The molecule has 1 N–H and O–H groups in total. The SMILES string of the molecule is CCNC(C)(C)C(=O)c1cccc(OC)c1. The molecule has 0 heterocycles. The zero-order valence-electron chi connectivity index (χ0n) is 10.3. The molecule has 0 radical (unpaired) electrons. The third kappa shape index (κ3) is 2.83. The summed E-state index contributed by atoms with van der Waals surface area (Å²) in [4.78, 5) is 12.2. The van der Waals surface area contributed by atoms with Crippen LogP contribution in [0.25, 0.3) is 0 Å². The minimum atomic E-state index is -0.541. The van der Waals surface area contributed by atoms with Gasteiger partial charge in [0.15, 0.2) is 5.78 Å². The van der Waals surface area contributed by atoms with Crippen molar-refractivity contribution in [1.82, 2.24) is 5.32 Å². The minimum Gasteiger partial charge on any atom is -0.497 e. The molecule has 3 heteroatoms. The van der Waals surface area contributed by atoms with Crippen molar-refractivity contribution in [3.05, 3.63) is 29.8 Å². The van der Waals surface area contributed by atoms with Crippen molar-refractivity contribution in [3.63, 3.8) is 0 Å². The number of carbonyl (C=O) groups excluding carboxylic acids is 1. The lowest BCUT2D eigenvalue weighted by Gasteiger charge is -2.24. The molecule has 3 nitrogen and oxygen atoms in total. The second-order valence-electron chi connectivity index (χ2n) is 4.22. The fourth-order valence-electron chi connectivity index (χ4n) is 1.65. The van der Waals surface area contributed by atoms with Gasteiger partial charge in [0.1, 0.15) is 5.75 Å². The maximum absolute atomic E-state index is 12.2. The largest absolute Gasteiger partial charge is 0.497 e. The maximum atomic E-state index is 12.2. The van der Waals surface area contributed by atoms with Gasteiger partial charge in [0, 0.05) is 5.56 Å². The van der Waals surface area contributed by atoms with Crippen molar-refractivity contribution >= 4 is 5.78 Å². The van der Waals surface area contributed by atoms with Gasteiger partial charge < -0.3 is 10.1 Å². The van der Waals surface area contributed by atoms with E-state index >= 15 is 0 Å². The summed E-state index contributed by atoms with van der Waals surface area (Å²) in [6.07, 6.45) is 0. The molecule has 0 saturated heterocycles. The van der Waals surface area contributed by atoms with E-state index in [1.54, 1.807) is 13.2 Å². The highest BCUT2D eigenvalue weighted by molar-refractivity contribution is 6.02. The average molecular weight is 221 g/mol. The van der Waals surface area contributed by atoms with Crippen molar-refractivity contribution < 1.29 is 9.53 Å². The van der Waals surface area contributed by atoms with Gasteiger partial charge in [-0.05, 0) is 32.5 Å². The van der Waals surface area contributed by atoms with Gasteiger partial charge in [0.25, 0.3) is 0 Å². The summed E-state index contributed by atoms with van der Waals surface area (Å²) in [6.45, 7) is 6.53. The molecule has 0 unspecified atom stereocenters. The van der Waals surface area contributed by atoms with Gasteiger partial charge in [-0.3, -0.25) is 4.79 Å². The van der Waals surface area contributed by atoms with Gasteiger partial charge in [0.05, 0.1) is 12.6 Å². The van der Waals surface area contributed by atoms with Crippen LogP contribution >= 0.6 is 0 Å². The third-order valence-corrected chi connectivity index (χ3v) is 2.52. The first-order chi connectivity index (χ1) is 7.51. The highest BCUT2D eigenvalue weighted by Crippen LogP contribution is 2.17. The van der Waals surface area contributed by atoms with Gasteiger partial charge in [-0.1, -0.05) is 19.1 Å². The second-order valence-corrected chi connectivity index (χ2v) is 4.22. The van der Waals surface area contributed by atoms with E-state index in [0.717, 1.165) is 6.54 Å². The van der Waals surface area contributed by atoms with Crippen LogP contribution < -0.4 is 10.1 Å². The molecule has 0 amide bonds. The molecule has 1 rings (SSSR count). The van der Waals surface area contributed by atoms with Crippen molar-refractivity contribution in [2.45, 2.75) is 26.3 Å². The number of hydrogen-bond acceptors (Lipinski definition) is 3. The molecule has 0 aliphatic carbocycles. The summed E-state index contributed by atoms with van der Waals surface area (Å²) in [7, 11) is 1.60. The Morgan fingerprint density at radius 1 is 1.44 bits per heavy atom. The van der Waals surface area contributed by atoms with Gasteiger partial charge in [-0.15, -0.1) is 0 Å². The first-order valence-electron chi connectivity index (χ1n) is 5.45. The average Bonchev–Trinajstić information content (AvgIpc) is 2.28. The summed E-state index contributed by atoms with van der Waals surface area (Å²) in [5, 5.41) is 3.17. The molecule has 0 aliphatic heterocycles. The van der Waals surface area contributed by atoms with Crippen LogP contribution in [0.2, 0.25) is 0 Å². The lowest BCUT2D eigenvalue weighted by atomic mass is 9.93. The highest BCUT2D eigenvalue weighted by Gasteiger charge is 2.27. The molecule has 16 heavy (non-hydrogen) atoms. The monoisotopic (exact) mass is 221 g/mol. The first kappa shape index (κ1) is 12.7. The number of likely N-dealkylation sites (N-methyl/N-ethyl adjacent to an activating group) is 1. The first-order valence-corrected chi connectivity index (χ1v) is 5.45. The van der Waals surface area contributed by atoms with Gasteiger partial charge in [0.2, 0.25) is 0 Å². The van der Waals surface area contributed by atoms with Crippen molar-refractivity contribution in [2.24, 2.45) is 0 Å². The second kappa shape index (κ2) is 5.12. The number of ketones is 1. The van der Waals surface area contributed by atoms with Gasteiger partial charge in [-0.25, -0.2) is 0 Å². The summed E-state index contributed by atoms with van der Waals surface area (Å²) in [6, 6.07) is 7.23. The van der Waals surface area contributed by atoms with Gasteiger partial charge in [-0.2, -0.15) is 0 Å². The number of ether oxygens (including phenoxy) is 1. The van der Waals surface area contributed by atoms with Crippen LogP contribution in [0.1, 0.15) is 31.1 Å². The summed E-state index contributed by atoms with van der Waals surface area (Å²) < 4.78 is 5.11. The molecular formula is C13H19NO2. The topological polar surface area (TPSA) is 38.3 Å². The molecular weight excluding hydrogens is 202 g/mol. The Morgan fingerprint density at radius 2 is 2.12 bits per heavy atom. The van der Waals surface area contributed by atoms with Crippen LogP contribution in [-0.4, -0.2) is 25.0 Å². The minimum absolute atomic E-state index is 0.0771. The van der Waals surface area contributed by atoms with E-state index in [1.807, 2.05) is 39.0 Å². The lowest BCUT2D eigenvalue weighted by molar-refractivity contribution is 0.0883. The van der Waals surface area contributed by atoms with E-state index in [-0.39, 0.29) is 5.78 Å². The quantitative estimate of drug-likeness (QED) is 0.775. The Bertz CT molecular complexity index is 372. The molecule has 0 atom stereocenters. The third-order valence-electron chi connectivity index (χ3n) is 2.52. The highest BCUT2D eigenvalue weighted by atomic mass is 16.5. The van der Waals surface area contributed by atoms with Crippen LogP contribution in [0.4, 0.5) is 0 Å². The summed E-state index contributed by atoms with van der Waals surface area (Å²) >= 11 is 0. The molecule has 0 saturated carbocycles. The van der Waals surface area contributed by atoms with Crippen molar-refractivity contribution in [3.8, 4) is 5.75 Å². The Hall–Kier alpha value is -1.35. The fraction of sp³-hybridized carbons (Fsp3) is 0.462. The van der Waals surface area contributed by atoms with Gasteiger partial charge >= 0.3 is 0 Å². The predicted octanol–water partition coefficient (Wildman–Crippen LogP) is 2.27. The van der Waals surface area contributed by atoms with Crippen LogP contribution in [0.5, 0.6) is 5.75 Å². The lowest BCUT2D eigenvalue weighted by Crippen LogP contribution is -2.46. The number of rotatable bonds is 5. The summed E-state index contributed by atoms with van der Waals surface area (Å²) in [5.41, 5.74) is 0.131. The molecule has 0 spiro atoms. The van der Waals surface area contributed by atoms with E-state index in [1.165, 1.54) is 0 Å². The molecule has 0 bridgehead atoms. The fourth-order valence-corrected chi connectivity index (χ4v) is 1.65. The molecule has 0 aliphatic rings. The predicted molar refractivity (Wildman–Crippen MR) is 65.1 cm³/mol. The van der Waals surface area contributed by atoms with E-state index in [2.05, 4.69) is 5.32 Å². The molecule has 1 aromatic rings. The Kier molecular flexibility index (Phi) is 4.07. The van der Waals surface area contributed by atoms with Crippen molar-refractivity contribution in [2.75, 3.05) is 13.7 Å². The number of hydrogen-bond donors (Lipinski definition) is 1.